The molecule has 0 unspecified atom stereocenters. The molecule has 0 bridgehead atoms. The Hall–Kier alpha value is -2.69. The van der Waals surface area contributed by atoms with Gasteiger partial charge in [-0.2, -0.15) is 0 Å². The monoisotopic (exact) mass is 254 g/mol. The maximum absolute atomic E-state index is 10.9. The standard InChI is InChI=1S/C14H10N2O3/c1-15-13-4-2-9(8-17)6-11(13)12-7-10(16(18)19)3-5-14(12)15/h2-8H,1H3. The van der Waals surface area contributed by atoms with E-state index in [1.54, 1.807) is 24.3 Å². The van der Waals surface area contributed by atoms with Gasteiger partial charge in [-0.1, -0.05) is 0 Å². The molecule has 94 valence electrons. The molecule has 3 rings (SSSR count). The molecule has 1 heterocycles. The van der Waals surface area contributed by atoms with Crippen molar-refractivity contribution in [3.63, 3.8) is 0 Å². The van der Waals surface area contributed by atoms with E-state index in [1.165, 1.54) is 6.07 Å². The van der Waals surface area contributed by atoms with Crippen molar-refractivity contribution in [2.75, 3.05) is 0 Å². The predicted octanol–water partition coefficient (Wildman–Crippen LogP) is 3.05. The van der Waals surface area contributed by atoms with Crippen LogP contribution >= 0.6 is 0 Å². The minimum absolute atomic E-state index is 0.0523. The molecule has 5 heteroatoms. The smallest absolute Gasteiger partial charge is 0.270 e. The SMILES string of the molecule is Cn1c2ccc(C=O)cc2c2cc([N+](=O)[O-])ccc21. The summed E-state index contributed by atoms with van der Waals surface area (Å²) in [4.78, 5) is 21.3. The normalized spacial score (nSPS) is 11.0. The van der Waals surface area contributed by atoms with Crippen molar-refractivity contribution in [1.29, 1.82) is 0 Å². The molecule has 0 aliphatic carbocycles. The fourth-order valence-corrected chi connectivity index (χ4v) is 2.41. The fourth-order valence-electron chi connectivity index (χ4n) is 2.41. The van der Waals surface area contributed by atoms with E-state index in [2.05, 4.69) is 0 Å². The Morgan fingerprint density at radius 1 is 1.11 bits per heavy atom. The maximum Gasteiger partial charge on any atom is 0.270 e. The third kappa shape index (κ3) is 1.59. The van der Waals surface area contributed by atoms with Crippen LogP contribution in [0.4, 0.5) is 5.69 Å². The molecule has 2 aromatic carbocycles. The van der Waals surface area contributed by atoms with Crippen molar-refractivity contribution in [2.45, 2.75) is 0 Å². The average Bonchev–Trinajstić information content (AvgIpc) is 2.71. The quantitative estimate of drug-likeness (QED) is 0.401. The third-order valence-corrected chi connectivity index (χ3v) is 3.36. The van der Waals surface area contributed by atoms with Gasteiger partial charge in [-0.3, -0.25) is 14.9 Å². The number of nitro groups is 1. The molecule has 0 N–H and O–H groups in total. The van der Waals surface area contributed by atoms with Gasteiger partial charge in [-0.15, -0.1) is 0 Å². The molecule has 0 atom stereocenters. The number of carbonyl (C=O) groups excluding carboxylic acids is 1. The van der Waals surface area contributed by atoms with Crippen LogP contribution in [0.2, 0.25) is 0 Å². The molecule has 0 spiro atoms. The molecular formula is C14H10N2O3. The van der Waals surface area contributed by atoms with E-state index in [0.29, 0.717) is 5.56 Å². The van der Waals surface area contributed by atoms with Crippen LogP contribution in [0, 0.1) is 10.1 Å². The van der Waals surface area contributed by atoms with Gasteiger partial charge in [0.1, 0.15) is 6.29 Å². The zero-order chi connectivity index (χ0) is 13.6. The number of hydrogen-bond donors (Lipinski definition) is 0. The van der Waals surface area contributed by atoms with Gasteiger partial charge in [0.15, 0.2) is 0 Å². The summed E-state index contributed by atoms with van der Waals surface area (Å²) in [6, 6.07) is 10.1. The van der Waals surface area contributed by atoms with Crippen LogP contribution in [0.1, 0.15) is 10.4 Å². The lowest BCUT2D eigenvalue weighted by Crippen LogP contribution is -1.88. The number of fused-ring (bicyclic) bond motifs is 3. The van der Waals surface area contributed by atoms with Crippen LogP contribution in [-0.4, -0.2) is 15.8 Å². The molecule has 0 aliphatic heterocycles. The third-order valence-electron chi connectivity index (χ3n) is 3.36. The molecule has 0 saturated carbocycles. The van der Waals surface area contributed by atoms with E-state index >= 15 is 0 Å². The molecule has 19 heavy (non-hydrogen) atoms. The summed E-state index contributed by atoms with van der Waals surface area (Å²) >= 11 is 0. The number of aromatic nitrogens is 1. The van der Waals surface area contributed by atoms with E-state index in [1.807, 2.05) is 17.7 Å². The van der Waals surface area contributed by atoms with Gasteiger partial charge in [0, 0.05) is 46.5 Å². The summed E-state index contributed by atoms with van der Waals surface area (Å²) in [5.74, 6) is 0. The van der Waals surface area contributed by atoms with E-state index < -0.39 is 4.92 Å². The van der Waals surface area contributed by atoms with Crippen LogP contribution < -0.4 is 0 Å². The average molecular weight is 254 g/mol. The summed E-state index contributed by atoms with van der Waals surface area (Å²) in [6.07, 6.45) is 0.773. The molecule has 0 amide bonds. The summed E-state index contributed by atoms with van der Waals surface area (Å²) in [7, 11) is 1.90. The van der Waals surface area contributed by atoms with Crippen molar-refractivity contribution >= 4 is 33.8 Å². The van der Waals surface area contributed by atoms with Gasteiger partial charge in [0.25, 0.3) is 5.69 Å². The summed E-state index contributed by atoms with van der Waals surface area (Å²) < 4.78 is 1.96. The van der Waals surface area contributed by atoms with Crippen LogP contribution in [0.3, 0.4) is 0 Å². The van der Waals surface area contributed by atoms with Crippen LogP contribution in [0.15, 0.2) is 36.4 Å². The van der Waals surface area contributed by atoms with E-state index in [-0.39, 0.29) is 5.69 Å². The van der Waals surface area contributed by atoms with Gasteiger partial charge >= 0.3 is 0 Å². The number of aldehydes is 1. The minimum Gasteiger partial charge on any atom is -0.344 e. The Kier molecular flexibility index (Phi) is 2.35. The number of rotatable bonds is 2. The van der Waals surface area contributed by atoms with Crippen molar-refractivity contribution in [3.05, 3.63) is 52.1 Å². The molecule has 0 radical (unpaired) electrons. The zero-order valence-electron chi connectivity index (χ0n) is 10.2. The molecule has 5 nitrogen and oxygen atoms in total. The minimum atomic E-state index is -0.415. The predicted molar refractivity (Wildman–Crippen MR) is 72.5 cm³/mol. The number of non-ortho nitro benzene ring substituents is 1. The van der Waals surface area contributed by atoms with Gasteiger partial charge in [0.2, 0.25) is 0 Å². The Bertz CT molecular complexity index is 833. The Morgan fingerprint density at radius 3 is 2.37 bits per heavy atom. The van der Waals surface area contributed by atoms with Crippen molar-refractivity contribution in [1.82, 2.24) is 4.57 Å². The van der Waals surface area contributed by atoms with E-state index in [0.717, 1.165) is 28.1 Å². The van der Waals surface area contributed by atoms with Crippen LogP contribution in [0.25, 0.3) is 21.8 Å². The highest BCUT2D eigenvalue weighted by atomic mass is 16.6. The van der Waals surface area contributed by atoms with Gasteiger partial charge in [-0.25, -0.2) is 0 Å². The second-order valence-corrected chi connectivity index (χ2v) is 4.41. The molecule has 0 saturated heterocycles. The summed E-state index contributed by atoms with van der Waals surface area (Å²) in [5.41, 5.74) is 2.47. The molecule has 0 aliphatic rings. The first-order chi connectivity index (χ1) is 9.11. The maximum atomic E-state index is 10.9. The molecule has 0 fully saturated rings. The summed E-state index contributed by atoms with van der Waals surface area (Å²) in [6.45, 7) is 0. The first kappa shape index (κ1) is 11.4. The van der Waals surface area contributed by atoms with Gasteiger partial charge < -0.3 is 4.57 Å². The lowest BCUT2D eigenvalue weighted by Gasteiger charge is -1.97. The number of aryl methyl sites for hydroxylation is 1. The Balaban J connectivity index is 2.47. The number of nitrogens with zero attached hydrogens (tertiary/aromatic N) is 2. The van der Waals surface area contributed by atoms with Gasteiger partial charge in [0.05, 0.1) is 4.92 Å². The molecule has 1 aromatic heterocycles. The molecular weight excluding hydrogens is 244 g/mol. The highest BCUT2D eigenvalue weighted by molar-refractivity contribution is 6.09. The topological polar surface area (TPSA) is 65.1 Å². The van der Waals surface area contributed by atoms with Crippen molar-refractivity contribution in [2.24, 2.45) is 7.05 Å². The number of nitro benzene ring substituents is 1. The van der Waals surface area contributed by atoms with Crippen molar-refractivity contribution < 1.29 is 9.72 Å². The summed E-state index contributed by atoms with van der Waals surface area (Å²) in [5, 5.41) is 12.5. The molecule has 3 aromatic rings. The van der Waals surface area contributed by atoms with Crippen molar-refractivity contribution in [3.8, 4) is 0 Å². The highest BCUT2D eigenvalue weighted by Gasteiger charge is 2.13. The van der Waals surface area contributed by atoms with Crippen LogP contribution in [0.5, 0.6) is 0 Å². The zero-order valence-corrected chi connectivity index (χ0v) is 10.2. The first-order valence-corrected chi connectivity index (χ1v) is 5.73. The lowest BCUT2D eigenvalue weighted by molar-refractivity contribution is -0.384. The fraction of sp³-hybridized carbons (Fsp3) is 0.0714. The number of benzene rings is 2. The lowest BCUT2D eigenvalue weighted by atomic mass is 10.1. The van der Waals surface area contributed by atoms with Gasteiger partial charge in [-0.05, 0) is 24.3 Å². The number of hydrogen-bond acceptors (Lipinski definition) is 3. The Labute approximate surface area is 108 Å². The highest BCUT2D eigenvalue weighted by Crippen LogP contribution is 2.31. The first-order valence-electron chi connectivity index (χ1n) is 5.73. The largest absolute Gasteiger partial charge is 0.344 e. The second kappa shape index (κ2) is 3.91. The van der Waals surface area contributed by atoms with E-state index in [9.17, 15) is 14.9 Å². The second-order valence-electron chi connectivity index (χ2n) is 4.41. The number of carbonyl (C=O) groups is 1. The van der Waals surface area contributed by atoms with E-state index in [4.69, 9.17) is 0 Å². The van der Waals surface area contributed by atoms with Crippen LogP contribution in [-0.2, 0) is 7.05 Å². The Morgan fingerprint density at radius 2 is 1.74 bits per heavy atom.